The van der Waals surface area contributed by atoms with Gasteiger partial charge in [-0.2, -0.15) is 0 Å². The molecule has 0 radical (unpaired) electrons. The molecule has 0 saturated carbocycles. The molecular formula is C11H8ClNO2S. The van der Waals surface area contributed by atoms with Gasteiger partial charge in [0.25, 0.3) is 0 Å². The molecule has 0 bridgehead atoms. The lowest BCUT2D eigenvalue weighted by Gasteiger charge is -2.01. The molecule has 82 valence electrons. The van der Waals surface area contributed by atoms with Crippen LogP contribution in [0.1, 0.15) is 5.56 Å². The van der Waals surface area contributed by atoms with Gasteiger partial charge in [-0.05, 0) is 24.1 Å². The molecule has 0 fully saturated rings. The van der Waals surface area contributed by atoms with E-state index >= 15 is 0 Å². The van der Waals surface area contributed by atoms with E-state index in [0.717, 1.165) is 22.5 Å². The molecule has 1 heterocycles. The number of benzene rings is 1. The summed E-state index contributed by atoms with van der Waals surface area (Å²) >= 11 is 6.82. The molecular weight excluding hydrogens is 246 g/mol. The third-order valence-corrected chi connectivity index (χ3v) is 3.50. The average molecular weight is 254 g/mol. The van der Waals surface area contributed by atoms with Crippen LogP contribution in [-0.2, 0) is 0 Å². The van der Waals surface area contributed by atoms with Gasteiger partial charge in [0, 0.05) is 0 Å². The van der Waals surface area contributed by atoms with E-state index in [1.54, 1.807) is 6.07 Å². The summed E-state index contributed by atoms with van der Waals surface area (Å²) in [5, 5.41) is 11.0. The first-order valence-electron chi connectivity index (χ1n) is 4.59. The van der Waals surface area contributed by atoms with Crippen LogP contribution in [0.25, 0.3) is 11.1 Å². The molecule has 2 aromatic rings. The smallest absolute Gasteiger partial charge is 0.258 e. The van der Waals surface area contributed by atoms with Crippen molar-refractivity contribution in [3.63, 3.8) is 0 Å². The molecule has 1 aromatic carbocycles. The Labute approximate surface area is 101 Å². The zero-order valence-corrected chi connectivity index (χ0v) is 10.0. The lowest BCUT2D eigenvalue weighted by Crippen LogP contribution is -1.88. The highest BCUT2D eigenvalue weighted by Crippen LogP contribution is 2.41. The van der Waals surface area contributed by atoms with E-state index in [9.17, 15) is 10.1 Å². The van der Waals surface area contributed by atoms with Gasteiger partial charge in [-0.3, -0.25) is 10.1 Å². The number of thiophene rings is 1. The third-order valence-electron chi connectivity index (χ3n) is 2.28. The van der Waals surface area contributed by atoms with Crippen molar-refractivity contribution in [3.05, 3.63) is 50.3 Å². The summed E-state index contributed by atoms with van der Waals surface area (Å²) in [5.41, 5.74) is 2.45. The normalized spacial score (nSPS) is 10.4. The highest BCUT2D eigenvalue weighted by atomic mass is 35.5. The number of hydrogen-bond acceptors (Lipinski definition) is 3. The molecule has 5 heteroatoms. The van der Waals surface area contributed by atoms with Crippen molar-refractivity contribution in [2.45, 2.75) is 6.92 Å². The van der Waals surface area contributed by atoms with Crippen molar-refractivity contribution in [2.75, 3.05) is 0 Å². The van der Waals surface area contributed by atoms with E-state index < -0.39 is 4.92 Å². The van der Waals surface area contributed by atoms with Crippen molar-refractivity contribution in [3.8, 4) is 11.1 Å². The van der Waals surface area contributed by atoms with E-state index in [2.05, 4.69) is 0 Å². The molecule has 2 rings (SSSR count). The number of nitro groups is 1. The van der Waals surface area contributed by atoms with Crippen LogP contribution in [0.4, 0.5) is 5.00 Å². The lowest BCUT2D eigenvalue weighted by atomic mass is 10.0. The monoisotopic (exact) mass is 253 g/mol. The Morgan fingerprint density at radius 2 is 2.00 bits per heavy atom. The molecule has 1 aromatic heterocycles. The SMILES string of the molecule is Cc1ccccc1-c1cc(Cl)sc1[N+](=O)[O-]. The maximum absolute atomic E-state index is 10.9. The Balaban J connectivity index is 2.64. The van der Waals surface area contributed by atoms with E-state index in [4.69, 9.17) is 11.6 Å². The number of nitrogens with zero attached hydrogens (tertiary/aromatic N) is 1. The second-order valence-electron chi connectivity index (χ2n) is 3.34. The molecule has 0 aliphatic rings. The molecule has 0 unspecified atom stereocenters. The van der Waals surface area contributed by atoms with Gasteiger partial charge in [-0.15, -0.1) is 0 Å². The van der Waals surface area contributed by atoms with Crippen LogP contribution in [0.2, 0.25) is 4.34 Å². The van der Waals surface area contributed by atoms with Gasteiger partial charge in [0.05, 0.1) is 10.5 Å². The molecule has 0 N–H and O–H groups in total. The van der Waals surface area contributed by atoms with Gasteiger partial charge in [0.2, 0.25) is 0 Å². The number of aryl methyl sites for hydroxylation is 1. The van der Waals surface area contributed by atoms with E-state index in [1.165, 1.54) is 0 Å². The first kappa shape index (κ1) is 11.1. The maximum Gasteiger partial charge on any atom is 0.333 e. The van der Waals surface area contributed by atoms with Crippen LogP contribution in [0, 0.1) is 17.0 Å². The Morgan fingerprint density at radius 1 is 1.31 bits per heavy atom. The van der Waals surface area contributed by atoms with Crippen LogP contribution in [-0.4, -0.2) is 4.92 Å². The fourth-order valence-corrected chi connectivity index (χ4v) is 2.60. The summed E-state index contributed by atoms with van der Waals surface area (Å²) in [6.07, 6.45) is 0. The fourth-order valence-electron chi connectivity index (χ4n) is 1.56. The molecule has 0 aliphatic carbocycles. The summed E-state index contributed by atoms with van der Waals surface area (Å²) in [5.74, 6) is 0. The molecule has 0 saturated heterocycles. The summed E-state index contributed by atoms with van der Waals surface area (Å²) < 4.78 is 0.435. The van der Waals surface area contributed by atoms with Crippen molar-refractivity contribution in [1.29, 1.82) is 0 Å². The van der Waals surface area contributed by atoms with Crippen LogP contribution < -0.4 is 0 Å². The van der Waals surface area contributed by atoms with Crippen molar-refractivity contribution in [2.24, 2.45) is 0 Å². The number of halogens is 1. The Morgan fingerprint density at radius 3 is 2.62 bits per heavy atom. The second-order valence-corrected chi connectivity index (χ2v) is 5.00. The average Bonchev–Trinajstić information content (AvgIpc) is 2.61. The highest BCUT2D eigenvalue weighted by Gasteiger charge is 2.20. The zero-order valence-electron chi connectivity index (χ0n) is 8.44. The standard InChI is InChI=1S/C11H8ClNO2S/c1-7-4-2-3-5-8(7)9-6-10(12)16-11(9)13(14)15/h2-6H,1H3. The van der Waals surface area contributed by atoms with Crippen molar-refractivity contribution in [1.82, 2.24) is 0 Å². The fraction of sp³-hybridized carbons (Fsp3) is 0.0909. The van der Waals surface area contributed by atoms with Gasteiger partial charge in [0.15, 0.2) is 0 Å². The molecule has 3 nitrogen and oxygen atoms in total. The van der Waals surface area contributed by atoms with Gasteiger partial charge in [-0.25, -0.2) is 0 Å². The molecule has 0 aliphatic heterocycles. The third kappa shape index (κ3) is 1.94. The van der Waals surface area contributed by atoms with E-state index in [0.29, 0.717) is 9.90 Å². The van der Waals surface area contributed by atoms with Gasteiger partial charge >= 0.3 is 5.00 Å². The largest absolute Gasteiger partial charge is 0.333 e. The number of hydrogen-bond donors (Lipinski definition) is 0. The molecule has 0 atom stereocenters. The Bertz CT molecular complexity index is 551. The minimum Gasteiger partial charge on any atom is -0.258 e. The summed E-state index contributed by atoms with van der Waals surface area (Å²) in [4.78, 5) is 10.5. The lowest BCUT2D eigenvalue weighted by molar-refractivity contribution is -0.379. The number of rotatable bonds is 2. The molecule has 16 heavy (non-hydrogen) atoms. The minimum atomic E-state index is -0.391. The van der Waals surface area contributed by atoms with Gasteiger partial charge < -0.3 is 0 Å². The maximum atomic E-state index is 10.9. The van der Waals surface area contributed by atoms with Gasteiger partial charge in [-0.1, -0.05) is 47.2 Å². The van der Waals surface area contributed by atoms with Crippen LogP contribution in [0.15, 0.2) is 30.3 Å². The van der Waals surface area contributed by atoms with Crippen LogP contribution >= 0.6 is 22.9 Å². The quantitative estimate of drug-likeness (QED) is 0.592. The van der Waals surface area contributed by atoms with Crippen molar-refractivity contribution < 1.29 is 4.92 Å². The second kappa shape index (κ2) is 4.23. The minimum absolute atomic E-state index is 0.0966. The Hall–Kier alpha value is -1.39. The summed E-state index contributed by atoms with van der Waals surface area (Å²) in [6, 6.07) is 9.19. The summed E-state index contributed by atoms with van der Waals surface area (Å²) in [6.45, 7) is 1.92. The first-order valence-corrected chi connectivity index (χ1v) is 5.79. The molecule has 0 amide bonds. The molecule has 0 spiro atoms. The Kier molecular flexibility index (Phi) is 2.94. The highest BCUT2D eigenvalue weighted by molar-refractivity contribution is 7.19. The van der Waals surface area contributed by atoms with E-state index in [-0.39, 0.29) is 5.00 Å². The van der Waals surface area contributed by atoms with E-state index in [1.807, 2.05) is 31.2 Å². The van der Waals surface area contributed by atoms with Gasteiger partial charge in [0.1, 0.15) is 4.34 Å². The predicted molar refractivity (Wildman–Crippen MR) is 66.2 cm³/mol. The predicted octanol–water partition coefficient (Wildman–Crippen LogP) is 4.29. The van der Waals surface area contributed by atoms with Crippen molar-refractivity contribution >= 4 is 27.9 Å². The zero-order chi connectivity index (χ0) is 11.7. The first-order chi connectivity index (χ1) is 7.59. The summed E-state index contributed by atoms with van der Waals surface area (Å²) in [7, 11) is 0. The topological polar surface area (TPSA) is 43.1 Å². The van der Waals surface area contributed by atoms with Crippen LogP contribution in [0.3, 0.4) is 0 Å². The van der Waals surface area contributed by atoms with Crippen LogP contribution in [0.5, 0.6) is 0 Å².